The summed E-state index contributed by atoms with van der Waals surface area (Å²) in [6.07, 6.45) is 0.700. The van der Waals surface area contributed by atoms with Gasteiger partial charge in [0.15, 0.2) is 0 Å². The number of nitrogens with zero attached hydrogens (tertiary/aromatic N) is 1. The summed E-state index contributed by atoms with van der Waals surface area (Å²) in [5.41, 5.74) is 1.66. The van der Waals surface area contributed by atoms with Crippen LogP contribution in [0.5, 0.6) is 0 Å². The lowest BCUT2D eigenvalue weighted by Crippen LogP contribution is -2.04. The highest BCUT2D eigenvalue weighted by Gasteiger charge is 2.53. The standard InChI is InChI=1S/C8H4NO2/c10-7-5-3-1-2-4-6(5)8-9(7)11-8/h1-4H. The average Bonchev–Trinajstić information content (AvgIpc) is 2.78. The van der Waals surface area contributed by atoms with Crippen molar-refractivity contribution < 1.29 is 9.63 Å². The third kappa shape index (κ3) is 0.500. The number of hydrogen-bond acceptors (Lipinski definition) is 2. The zero-order valence-electron chi connectivity index (χ0n) is 5.57. The molecule has 2 aliphatic rings. The molecule has 1 amide bonds. The molecule has 0 unspecified atom stereocenters. The van der Waals surface area contributed by atoms with Gasteiger partial charge < -0.3 is 0 Å². The van der Waals surface area contributed by atoms with Crippen molar-refractivity contribution >= 4 is 5.91 Å². The van der Waals surface area contributed by atoms with Crippen LogP contribution in [0.25, 0.3) is 0 Å². The molecule has 3 nitrogen and oxygen atoms in total. The van der Waals surface area contributed by atoms with Crippen LogP contribution in [0.2, 0.25) is 0 Å². The summed E-state index contributed by atoms with van der Waals surface area (Å²) in [6, 6.07) is 7.43. The van der Waals surface area contributed by atoms with Gasteiger partial charge in [0.1, 0.15) is 0 Å². The van der Waals surface area contributed by atoms with E-state index < -0.39 is 0 Å². The van der Waals surface area contributed by atoms with Crippen LogP contribution in [0.4, 0.5) is 0 Å². The van der Waals surface area contributed by atoms with E-state index in [9.17, 15) is 4.79 Å². The molecule has 0 aromatic heterocycles. The molecule has 2 heterocycles. The molecule has 1 aromatic rings. The van der Waals surface area contributed by atoms with E-state index in [0.717, 1.165) is 11.1 Å². The van der Waals surface area contributed by atoms with Gasteiger partial charge in [-0.3, -0.25) is 4.79 Å². The minimum Gasteiger partial charge on any atom is -0.267 e. The van der Waals surface area contributed by atoms with Crippen molar-refractivity contribution in [1.29, 1.82) is 0 Å². The van der Waals surface area contributed by atoms with Crippen LogP contribution in [-0.2, 0) is 4.84 Å². The van der Waals surface area contributed by atoms with Gasteiger partial charge in [0.2, 0.25) is 0 Å². The maximum Gasteiger partial charge on any atom is 0.281 e. The van der Waals surface area contributed by atoms with Gasteiger partial charge in [0.05, 0.1) is 5.56 Å². The monoisotopic (exact) mass is 146 g/mol. The van der Waals surface area contributed by atoms with Gasteiger partial charge in [0, 0.05) is 5.56 Å². The predicted octanol–water partition coefficient (Wildman–Crippen LogP) is 0.925. The zero-order valence-corrected chi connectivity index (χ0v) is 5.57. The van der Waals surface area contributed by atoms with Crippen LogP contribution >= 0.6 is 0 Å². The second-order valence-electron chi connectivity index (χ2n) is 2.54. The first-order valence-corrected chi connectivity index (χ1v) is 3.37. The first-order chi connectivity index (χ1) is 5.38. The van der Waals surface area contributed by atoms with E-state index in [-0.39, 0.29) is 5.91 Å². The summed E-state index contributed by atoms with van der Waals surface area (Å²) in [5.74, 6) is -0.0457. The number of rotatable bonds is 0. The molecule has 1 saturated heterocycles. The number of amides is 1. The minimum atomic E-state index is -0.0457. The molecule has 1 fully saturated rings. The third-order valence-corrected chi connectivity index (χ3v) is 1.90. The van der Waals surface area contributed by atoms with Gasteiger partial charge in [-0.05, 0) is 6.07 Å². The minimum absolute atomic E-state index is 0.0457. The maximum atomic E-state index is 11.2. The zero-order chi connectivity index (χ0) is 7.42. The highest BCUT2D eigenvalue weighted by atomic mass is 16.8. The molecule has 0 spiro atoms. The molecule has 1 radical (unpaired) electrons. The van der Waals surface area contributed by atoms with Gasteiger partial charge in [0.25, 0.3) is 12.1 Å². The summed E-state index contributed by atoms with van der Waals surface area (Å²) in [5, 5.41) is 1.31. The van der Waals surface area contributed by atoms with Gasteiger partial charge in [-0.15, -0.1) is 0 Å². The third-order valence-electron chi connectivity index (χ3n) is 1.90. The van der Waals surface area contributed by atoms with Gasteiger partial charge in [-0.1, -0.05) is 18.2 Å². The average molecular weight is 146 g/mol. The Hall–Kier alpha value is -1.35. The van der Waals surface area contributed by atoms with Crippen molar-refractivity contribution in [3.63, 3.8) is 0 Å². The molecular formula is C8H4NO2. The van der Waals surface area contributed by atoms with Crippen molar-refractivity contribution in [2.24, 2.45) is 0 Å². The molecule has 3 rings (SSSR count). The first kappa shape index (κ1) is 5.32. The Labute approximate surface area is 63.1 Å². The topological polar surface area (TPSA) is 32.6 Å². The van der Waals surface area contributed by atoms with E-state index in [1.807, 2.05) is 18.2 Å². The summed E-state index contributed by atoms with van der Waals surface area (Å²) in [7, 11) is 0. The van der Waals surface area contributed by atoms with Crippen LogP contribution in [-0.4, -0.2) is 11.0 Å². The van der Waals surface area contributed by atoms with E-state index in [4.69, 9.17) is 4.84 Å². The van der Waals surface area contributed by atoms with Crippen LogP contribution < -0.4 is 0 Å². The second-order valence-corrected chi connectivity index (χ2v) is 2.54. The smallest absolute Gasteiger partial charge is 0.267 e. The van der Waals surface area contributed by atoms with Crippen molar-refractivity contribution in [3.8, 4) is 0 Å². The molecule has 0 atom stereocenters. The Morgan fingerprint density at radius 3 is 2.64 bits per heavy atom. The normalized spacial score (nSPS) is 20.0. The number of carbonyl (C=O) groups excluding carboxylic acids is 1. The van der Waals surface area contributed by atoms with E-state index in [1.54, 1.807) is 6.07 Å². The highest BCUT2D eigenvalue weighted by molar-refractivity contribution is 6.02. The fourth-order valence-electron chi connectivity index (χ4n) is 1.32. The Bertz CT molecular complexity index is 348. The van der Waals surface area contributed by atoms with Crippen molar-refractivity contribution in [3.05, 3.63) is 41.6 Å². The summed E-state index contributed by atoms with van der Waals surface area (Å²) in [6.45, 7) is 0. The van der Waals surface area contributed by atoms with E-state index in [1.165, 1.54) is 5.06 Å². The second kappa shape index (κ2) is 1.46. The van der Waals surface area contributed by atoms with Crippen molar-refractivity contribution in [1.82, 2.24) is 5.06 Å². The number of fused-ring (bicyclic) bond motifs is 3. The van der Waals surface area contributed by atoms with Gasteiger partial charge in [-0.25, -0.2) is 4.84 Å². The van der Waals surface area contributed by atoms with Gasteiger partial charge in [-0.2, -0.15) is 5.06 Å². The van der Waals surface area contributed by atoms with E-state index in [0.29, 0.717) is 6.23 Å². The molecule has 0 bridgehead atoms. The fourth-order valence-corrected chi connectivity index (χ4v) is 1.32. The number of hydrogen-bond donors (Lipinski definition) is 0. The van der Waals surface area contributed by atoms with Crippen LogP contribution in [0.3, 0.4) is 0 Å². The number of carbonyl (C=O) groups is 1. The molecule has 3 heteroatoms. The number of benzene rings is 1. The predicted molar refractivity (Wildman–Crippen MR) is 36.0 cm³/mol. The Morgan fingerprint density at radius 2 is 1.91 bits per heavy atom. The highest BCUT2D eigenvalue weighted by Crippen LogP contribution is 2.44. The van der Waals surface area contributed by atoms with Crippen LogP contribution in [0.1, 0.15) is 15.9 Å². The largest absolute Gasteiger partial charge is 0.281 e. The van der Waals surface area contributed by atoms with E-state index in [2.05, 4.69) is 0 Å². The Kier molecular flexibility index (Phi) is 0.704. The Balaban J connectivity index is 2.29. The summed E-state index contributed by atoms with van der Waals surface area (Å²) in [4.78, 5) is 16.1. The fraction of sp³-hybridized carbons (Fsp3) is 0. The van der Waals surface area contributed by atoms with Crippen molar-refractivity contribution in [2.45, 2.75) is 0 Å². The molecule has 0 saturated carbocycles. The molecule has 2 aliphatic heterocycles. The summed E-state index contributed by atoms with van der Waals surface area (Å²) < 4.78 is 0. The quantitative estimate of drug-likeness (QED) is 0.510. The lowest BCUT2D eigenvalue weighted by atomic mass is 10.1. The Morgan fingerprint density at radius 1 is 1.18 bits per heavy atom. The maximum absolute atomic E-state index is 11.2. The summed E-state index contributed by atoms with van der Waals surface area (Å²) >= 11 is 0. The van der Waals surface area contributed by atoms with Crippen LogP contribution in [0.15, 0.2) is 24.3 Å². The SMILES string of the molecule is O=C1c2ccccc2[C]2ON21. The lowest BCUT2D eigenvalue weighted by molar-refractivity contribution is 0.0712. The van der Waals surface area contributed by atoms with Gasteiger partial charge >= 0.3 is 0 Å². The number of hydroxylamine groups is 2. The molecular weight excluding hydrogens is 142 g/mol. The van der Waals surface area contributed by atoms with E-state index >= 15 is 0 Å². The molecule has 0 aliphatic carbocycles. The first-order valence-electron chi connectivity index (χ1n) is 3.37. The molecule has 1 aromatic carbocycles. The molecule has 11 heavy (non-hydrogen) atoms. The van der Waals surface area contributed by atoms with Crippen molar-refractivity contribution in [2.75, 3.05) is 0 Å². The molecule has 53 valence electrons. The lowest BCUT2D eigenvalue weighted by Gasteiger charge is -1.94. The molecule has 0 N–H and O–H groups in total. The van der Waals surface area contributed by atoms with Crippen LogP contribution in [0, 0.1) is 6.23 Å².